The quantitative estimate of drug-likeness (QED) is 0.825. The highest BCUT2D eigenvalue weighted by molar-refractivity contribution is 5.84. The predicted molar refractivity (Wildman–Crippen MR) is 59.1 cm³/mol. The first-order chi connectivity index (χ1) is 7.63. The molecule has 2 atom stereocenters. The Morgan fingerprint density at radius 1 is 1.50 bits per heavy atom. The van der Waals surface area contributed by atoms with Crippen molar-refractivity contribution in [3.05, 3.63) is 35.6 Å². The number of halogens is 1. The Kier molecular flexibility index (Phi) is 2.92. The largest absolute Gasteiger partial charge is 0.325 e. The van der Waals surface area contributed by atoms with Crippen LogP contribution in [0.5, 0.6) is 0 Å². The number of benzene rings is 1. The van der Waals surface area contributed by atoms with E-state index in [4.69, 9.17) is 0 Å². The normalized spacial score (nSPS) is 25.2. The minimum absolute atomic E-state index is 0.0664. The lowest BCUT2D eigenvalue weighted by molar-refractivity contribution is -0.128. The summed E-state index contributed by atoms with van der Waals surface area (Å²) in [6.07, 6.45) is 0.530. The molecule has 2 unspecified atom stereocenters. The number of hydrogen-bond acceptors (Lipinski definition) is 2. The van der Waals surface area contributed by atoms with Crippen LogP contribution < -0.4 is 5.32 Å². The van der Waals surface area contributed by atoms with E-state index < -0.39 is 0 Å². The molecule has 86 valence electrons. The molecule has 1 aliphatic heterocycles. The van der Waals surface area contributed by atoms with E-state index in [1.807, 2.05) is 13.0 Å². The zero-order valence-corrected chi connectivity index (χ0v) is 9.40. The smallest absolute Gasteiger partial charge is 0.241 e. The maximum absolute atomic E-state index is 13.1. The van der Waals surface area contributed by atoms with Crippen molar-refractivity contribution in [2.24, 2.45) is 0 Å². The number of likely N-dealkylation sites (N-methyl/N-ethyl adjacent to an activating group) is 1. The van der Waals surface area contributed by atoms with Crippen LogP contribution >= 0.6 is 0 Å². The number of rotatable bonds is 2. The van der Waals surface area contributed by atoms with E-state index in [1.54, 1.807) is 18.0 Å². The fourth-order valence-corrected chi connectivity index (χ4v) is 2.04. The summed E-state index contributed by atoms with van der Waals surface area (Å²) in [6, 6.07) is 6.18. The van der Waals surface area contributed by atoms with Gasteiger partial charge in [-0.3, -0.25) is 10.1 Å². The number of nitrogens with one attached hydrogen (secondary N) is 1. The van der Waals surface area contributed by atoms with Gasteiger partial charge in [0.2, 0.25) is 5.91 Å². The summed E-state index contributed by atoms with van der Waals surface area (Å²) in [7, 11) is 1.74. The first kappa shape index (κ1) is 11.1. The molecule has 2 rings (SSSR count). The third-order valence-corrected chi connectivity index (χ3v) is 2.96. The maximum Gasteiger partial charge on any atom is 0.241 e. The number of nitrogens with zero attached hydrogens (tertiary/aromatic N) is 1. The van der Waals surface area contributed by atoms with Crippen molar-refractivity contribution in [1.82, 2.24) is 10.2 Å². The van der Waals surface area contributed by atoms with Gasteiger partial charge < -0.3 is 4.90 Å². The van der Waals surface area contributed by atoms with Crippen LogP contribution in [0.15, 0.2) is 24.3 Å². The van der Waals surface area contributed by atoms with E-state index >= 15 is 0 Å². The summed E-state index contributed by atoms with van der Waals surface area (Å²) in [5, 5.41) is 3.19. The van der Waals surface area contributed by atoms with Crippen LogP contribution in [0.4, 0.5) is 4.39 Å². The Balaban J connectivity index is 2.26. The van der Waals surface area contributed by atoms with Crippen LogP contribution in [0.3, 0.4) is 0 Å². The maximum atomic E-state index is 13.1. The Morgan fingerprint density at radius 3 is 2.81 bits per heavy atom. The molecule has 0 saturated carbocycles. The molecule has 16 heavy (non-hydrogen) atoms. The minimum Gasteiger partial charge on any atom is -0.325 e. The lowest BCUT2D eigenvalue weighted by atomic mass is 10.1. The molecule has 1 saturated heterocycles. The molecule has 0 spiro atoms. The van der Waals surface area contributed by atoms with Crippen molar-refractivity contribution in [3.8, 4) is 0 Å². The molecule has 1 aliphatic rings. The molecule has 1 aromatic rings. The van der Waals surface area contributed by atoms with Gasteiger partial charge in [-0.05, 0) is 24.1 Å². The Hall–Kier alpha value is -1.42. The summed E-state index contributed by atoms with van der Waals surface area (Å²) < 4.78 is 13.1. The second-order valence-electron chi connectivity index (χ2n) is 4.03. The first-order valence-electron chi connectivity index (χ1n) is 5.41. The monoisotopic (exact) mass is 222 g/mol. The number of hydrogen-bond donors (Lipinski definition) is 1. The third kappa shape index (κ3) is 1.80. The molecule has 0 aromatic heterocycles. The second kappa shape index (κ2) is 4.22. The summed E-state index contributed by atoms with van der Waals surface area (Å²) in [6.45, 7) is 1.96. The van der Waals surface area contributed by atoms with Gasteiger partial charge in [0.05, 0.1) is 6.04 Å². The lowest BCUT2D eigenvalue weighted by Gasteiger charge is -2.19. The van der Waals surface area contributed by atoms with E-state index in [0.29, 0.717) is 0 Å². The predicted octanol–water partition coefficient (Wildman–Crippen LogP) is 1.66. The van der Waals surface area contributed by atoms with Crippen LogP contribution in [0, 0.1) is 5.82 Å². The van der Waals surface area contributed by atoms with Gasteiger partial charge in [0, 0.05) is 7.05 Å². The number of amides is 1. The topological polar surface area (TPSA) is 32.3 Å². The Labute approximate surface area is 94.3 Å². The van der Waals surface area contributed by atoms with Gasteiger partial charge in [-0.2, -0.15) is 0 Å². The van der Waals surface area contributed by atoms with Crippen LogP contribution in [-0.2, 0) is 4.79 Å². The zero-order valence-electron chi connectivity index (χ0n) is 9.40. The minimum atomic E-state index is -0.278. The SMILES string of the molecule is CCC1NC(c2cccc(F)c2)N(C)C1=O. The van der Waals surface area contributed by atoms with Crippen LogP contribution in [-0.4, -0.2) is 23.9 Å². The van der Waals surface area contributed by atoms with Gasteiger partial charge in [-0.25, -0.2) is 4.39 Å². The molecule has 1 aromatic carbocycles. The first-order valence-corrected chi connectivity index (χ1v) is 5.41. The van der Waals surface area contributed by atoms with Crippen molar-refractivity contribution in [2.75, 3.05) is 7.05 Å². The average molecular weight is 222 g/mol. The van der Waals surface area contributed by atoms with Crippen molar-refractivity contribution >= 4 is 5.91 Å². The van der Waals surface area contributed by atoms with E-state index in [9.17, 15) is 9.18 Å². The van der Waals surface area contributed by atoms with Gasteiger partial charge in [0.15, 0.2) is 0 Å². The average Bonchev–Trinajstić information content (AvgIpc) is 2.56. The molecule has 0 radical (unpaired) electrons. The molecular weight excluding hydrogens is 207 g/mol. The molecule has 3 nitrogen and oxygen atoms in total. The zero-order chi connectivity index (χ0) is 11.7. The van der Waals surface area contributed by atoms with Gasteiger partial charge in [0.1, 0.15) is 12.0 Å². The molecule has 1 fully saturated rings. The highest BCUT2D eigenvalue weighted by Gasteiger charge is 2.35. The van der Waals surface area contributed by atoms with Gasteiger partial charge >= 0.3 is 0 Å². The van der Waals surface area contributed by atoms with E-state index in [0.717, 1.165) is 12.0 Å². The Morgan fingerprint density at radius 2 is 2.25 bits per heavy atom. The fraction of sp³-hybridized carbons (Fsp3) is 0.417. The molecule has 0 aliphatic carbocycles. The highest BCUT2D eigenvalue weighted by Crippen LogP contribution is 2.24. The van der Waals surface area contributed by atoms with Gasteiger partial charge in [-0.1, -0.05) is 19.1 Å². The summed E-state index contributed by atoms with van der Waals surface area (Å²) in [4.78, 5) is 13.4. The standard InChI is InChI=1S/C12H15FN2O/c1-3-10-12(16)15(2)11(14-10)8-5-4-6-9(13)7-8/h4-7,10-11,14H,3H2,1-2H3. The molecule has 0 bridgehead atoms. The van der Waals surface area contributed by atoms with E-state index in [1.165, 1.54) is 12.1 Å². The second-order valence-corrected chi connectivity index (χ2v) is 4.03. The number of carbonyl (C=O) groups is 1. The van der Waals surface area contributed by atoms with Crippen molar-refractivity contribution in [2.45, 2.75) is 25.6 Å². The van der Waals surface area contributed by atoms with Crippen molar-refractivity contribution in [1.29, 1.82) is 0 Å². The van der Waals surface area contributed by atoms with Gasteiger partial charge in [-0.15, -0.1) is 0 Å². The molecule has 1 amide bonds. The Bertz CT molecular complexity index is 408. The fourth-order valence-electron chi connectivity index (χ4n) is 2.04. The van der Waals surface area contributed by atoms with Crippen molar-refractivity contribution < 1.29 is 9.18 Å². The van der Waals surface area contributed by atoms with E-state index in [2.05, 4.69) is 5.32 Å². The molecule has 4 heteroatoms. The van der Waals surface area contributed by atoms with E-state index in [-0.39, 0.29) is 23.9 Å². The summed E-state index contributed by atoms with van der Waals surface area (Å²) in [5.41, 5.74) is 0.784. The number of carbonyl (C=O) groups excluding carboxylic acids is 1. The molecular formula is C12H15FN2O. The van der Waals surface area contributed by atoms with Gasteiger partial charge in [0.25, 0.3) is 0 Å². The van der Waals surface area contributed by atoms with Crippen LogP contribution in [0.25, 0.3) is 0 Å². The third-order valence-electron chi connectivity index (χ3n) is 2.96. The van der Waals surface area contributed by atoms with Crippen LogP contribution in [0.1, 0.15) is 25.1 Å². The molecule has 1 heterocycles. The van der Waals surface area contributed by atoms with Crippen molar-refractivity contribution in [3.63, 3.8) is 0 Å². The van der Waals surface area contributed by atoms with Crippen LogP contribution in [0.2, 0.25) is 0 Å². The summed E-state index contributed by atoms with van der Waals surface area (Å²) >= 11 is 0. The summed E-state index contributed by atoms with van der Waals surface area (Å²) in [5.74, 6) is -0.211. The highest BCUT2D eigenvalue weighted by atomic mass is 19.1. The molecule has 1 N–H and O–H groups in total. The lowest BCUT2D eigenvalue weighted by Crippen LogP contribution is -2.27.